The number of piperidine rings is 1. The number of amides is 1. The van der Waals surface area contributed by atoms with E-state index in [-0.39, 0.29) is 17.7 Å². The number of carbonyl (C=O) groups is 2. The van der Waals surface area contributed by atoms with Crippen molar-refractivity contribution in [1.29, 1.82) is 0 Å². The molecule has 2 aliphatic rings. The fourth-order valence-electron chi connectivity index (χ4n) is 3.89. The van der Waals surface area contributed by atoms with Crippen molar-refractivity contribution in [3.63, 3.8) is 0 Å². The smallest absolute Gasteiger partial charge is 0.308 e. The van der Waals surface area contributed by atoms with E-state index in [4.69, 9.17) is 0 Å². The van der Waals surface area contributed by atoms with Crippen LogP contribution in [0.25, 0.3) is 10.8 Å². The van der Waals surface area contributed by atoms with Gasteiger partial charge in [0.2, 0.25) is 5.91 Å². The molecule has 24 heavy (non-hydrogen) atoms. The molecule has 1 heterocycles. The number of rotatable bonds is 3. The lowest BCUT2D eigenvalue weighted by Gasteiger charge is -2.31. The standard InChI is InChI=1S/C20H21NO3/c22-19(21-9-3-6-16(12-21)20(23)24)18-11-17(18)15-8-7-13-4-1-2-5-14(13)10-15/h1-2,4-5,7-8,10,16-18H,3,6,9,11-12H2,(H,23,24)/t16-,17+,18+/m0/s1. The summed E-state index contributed by atoms with van der Waals surface area (Å²) in [5.74, 6) is -0.736. The van der Waals surface area contributed by atoms with Crippen molar-refractivity contribution < 1.29 is 14.7 Å². The SMILES string of the molecule is O=C(O)[C@H]1CCCN(C(=O)[C@@H]2C[C@@H]2c2ccc3ccccc3c2)C1. The largest absolute Gasteiger partial charge is 0.481 e. The van der Waals surface area contributed by atoms with Crippen LogP contribution in [0.5, 0.6) is 0 Å². The van der Waals surface area contributed by atoms with Gasteiger partial charge in [-0.05, 0) is 41.5 Å². The summed E-state index contributed by atoms with van der Waals surface area (Å²) in [6.07, 6.45) is 2.35. The van der Waals surface area contributed by atoms with Crippen LogP contribution in [0.4, 0.5) is 0 Å². The van der Waals surface area contributed by atoms with Crippen LogP contribution in [0.3, 0.4) is 0 Å². The Labute approximate surface area is 141 Å². The Hall–Kier alpha value is -2.36. The molecule has 2 fully saturated rings. The van der Waals surface area contributed by atoms with Gasteiger partial charge in [-0.2, -0.15) is 0 Å². The lowest BCUT2D eigenvalue weighted by atomic mass is 9.97. The highest BCUT2D eigenvalue weighted by Gasteiger charge is 2.46. The van der Waals surface area contributed by atoms with Gasteiger partial charge in [-0.3, -0.25) is 9.59 Å². The van der Waals surface area contributed by atoms with Crippen LogP contribution in [0.2, 0.25) is 0 Å². The van der Waals surface area contributed by atoms with Crippen LogP contribution in [0, 0.1) is 11.8 Å². The second-order valence-electron chi connectivity index (χ2n) is 7.02. The van der Waals surface area contributed by atoms with Gasteiger partial charge in [-0.1, -0.05) is 42.5 Å². The Morgan fingerprint density at radius 3 is 2.67 bits per heavy atom. The second-order valence-corrected chi connectivity index (χ2v) is 7.02. The molecule has 1 aliphatic carbocycles. The molecular formula is C20H21NO3. The molecule has 1 saturated carbocycles. The molecule has 0 bridgehead atoms. The van der Waals surface area contributed by atoms with Crippen LogP contribution >= 0.6 is 0 Å². The number of fused-ring (bicyclic) bond motifs is 1. The van der Waals surface area contributed by atoms with E-state index in [1.54, 1.807) is 4.90 Å². The van der Waals surface area contributed by atoms with E-state index in [1.807, 2.05) is 12.1 Å². The van der Waals surface area contributed by atoms with E-state index in [0.29, 0.717) is 19.5 Å². The highest BCUT2D eigenvalue weighted by atomic mass is 16.4. The average molecular weight is 323 g/mol. The minimum atomic E-state index is -0.783. The van der Waals surface area contributed by atoms with Gasteiger partial charge < -0.3 is 10.0 Å². The van der Waals surface area contributed by atoms with Crippen LogP contribution in [-0.2, 0) is 9.59 Å². The monoisotopic (exact) mass is 323 g/mol. The minimum absolute atomic E-state index is 0.0266. The van der Waals surface area contributed by atoms with Crippen LogP contribution in [-0.4, -0.2) is 35.0 Å². The fraction of sp³-hybridized carbons (Fsp3) is 0.400. The minimum Gasteiger partial charge on any atom is -0.481 e. The lowest BCUT2D eigenvalue weighted by molar-refractivity contribution is -0.146. The zero-order chi connectivity index (χ0) is 16.7. The third kappa shape index (κ3) is 2.77. The maximum atomic E-state index is 12.7. The molecule has 0 aromatic heterocycles. The van der Waals surface area contributed by atoms with Crippen LogP contribution in [0.15, 0.2) is 42.5 Å². The van der Waals surface area contributed by atoms with Crippen LogP contribution in [0.1, 0.15) is 30.7 Å². The summed E-state index contributed by atoms with van der Waals surface area (Å²) in [5.41, 5.74) is 1.22. The van der Waals surface area contributed by atoms with E-state index in [1.165, 1.54) is 16.3 Å². The van der Waals surface area contributed by atoms with E-state index >= 15 is 0 Å². The zero-order valence-electron chi connectivity index (χ0n) is 13.5. The van der Waals surface area contributed by atoms with Crippen LogP contribution < -0.4 is 0 Å². The van der Waals surface area contributed by atoms with Gasteiger partial charge in [0.05, 0.1) is 5.92 Å². The Morgan fingerprint density at radius 1 is 1.08 bits per heavy atom. The number of nitrogens with zero attached hydrogens (tertiary/aromatic N) is 1. The van der Waals surface area contributed by atoms with Gasteiger partial charge in [0, 0.05) is 19.0 Å². The molecule has 4 rings (SSSR count). The summed E-state index contributed by atoms with van der Waals surface area (Å²) in [5, 5.41) is 11.6. The quantitative estimate of drug-likeness (QED) is 0.943. The first-order valence-corrected chi connectivity index (χ1v) is 8.64. The zero-order valence-corrected chi connectivity index (χ0v) is 13.5. The van der Waals surface area contributed by atoms with E-state index in [2.05, 4.69) is 30.3 Å². The molecule has 2 aromatic rings. The van der Waals surface area contributed by atoms with Crippen molar-refractivity contribution in [2.75, 3.05) is 13.1 Å². The number of carbonyl (C=O) groups excluding carboxylic acids is 1. The van der Waals surface area contributed by atoms with Crippen molar-refractivity contribution in [2.45, 2.75) is 25.2 Å². The summed E-state index contributed by atoms with van der Waals surface area (Å²) in [6, 6.07) is 14.7. The number of hydrogen-bond donors (Lipinski definition) is 1. The fourth-order valence-corrected chi connectivity index (χ4v) is 3.89. The Balaban J connectivity index is 1.46. The highest BCUT2D eigenvalue weighted by molar-refractivity contribution is 5.86. The molecule has 1 aliphatic heterocycles. The topological polar surface area (TPSA) is 57.6 Å². The first kappa shape index (κ1) is 15.2. The van der Waals surface area contributed by atoms with E-state index in [9.17, 15) is 14.7 Å². The van der Waals surface area contributed by atoms with E-state index in [0.717, 1.165) is 12.8 Å². The summed E-state index contributed by atoms with van der Waals surface area (Å²) in [4.78, 5) is 25.7. The predicted octanol–water partition coefficient (Wildman–Crippen LogP) is 3.27. The number of benzene rings is 2. The number of carboxylic acid groups (broad SMARTS) is 1. The van der Waals surface area contributed by atoms with Gasteiger partial charge in [0.15, 0.2) is 0 Å². The van der Waals surface area contributed by atoms with Crippen molar-refractivity contribution in [1.82, 2.24) is 4.90 Å². The molecule has 0 spiro atoms. The number of hydrogen-bond acceptors (Lipinski definition) is 2. The molecule has 0 radical (unpaired) electrons. The van der Waals surface area contributed by atoms with Gasteiger partial charge in [0.25, 0.3) is 0 Å². The Morgan fingerprint density at radius 2 is 1.88 bits per heavy atom. The van der Waals surface area contributed by atoms with Crippen molar-refractivity contribution in [2.24, 2.45) is 11.8 Å². The highest BCUT2D eigenvalue weighted by Crippen LogP contribution is 2.49. The van der Waals surface area contributed by atoms with Gasteiger partial charge in [-0.25, -0.2) is 0 Å². The molecule has 0 unspecified atom stereocenters. The first-order valence-electron chi connectivity index (χ1n) is 8.64. The van der Waals surface area contributed by atoms with Gasteiger partial charge >= 0.3 is 5.97 Å². The summed E-state index contributed by atoms with van der Waals surface area (Å²) >= 11 is 0. The molecule has 4 heteroatoms. The van der Waals surface area contributed by atoms with Gasteiger partial charge in [-0.15, -0.1) is 0 Å². The van der Waals surface area contributed by atoms with Gasteiger partial charge in [0.1, 0.15) is 0 Å². The van der Waals surface area contributed by atoms with Crippen molar-refractivity contribution >= 4 is 22.6 Å². The number of aliphatic carboxylic acids is 1. The summed E-state index contributed by atoms with van der Waals surface area (Å²) in [7, 11) is 0. The molecule has 3 atom stereocenters. The van der Waals surface area contributed by atoms with Crippen molar-refractivity contribution in [3.05, 3.63) is 48.0 Å². The van der Waals surface area contributed by atoms with Crippen molar-refractivity contribution in [3.8, 4) is 0 Å². The maximum Gasteiger partial charge on any atom is 0.308 e. The molecule has 4 nitrogen and oxygen atoms in total. The molecule has 1 saturated heterocycles. The normalized spacial score (nSPS) is 26.3. The third-order valence-electron chi connectivity index (χ3n) is 5.39. The number of carboxylic acids is 1. The molecular weight excluding hydrogens is 302 g/mol. The Bertz CT molecular complexity index is 800. The first-order chi connectivity index (χ1) is 11.6. The average Bonchev–Trinajstić information content (AvgIpc) is 3.41. The summed E-state index contributed by atoms with van der Waals surface area (Å²) < 4.78 is 0. The lowest BCUT2D eigenvalue weighted by Crippen LogP contribution is -2.43. The molecule has 1 amide bonds. The third-order valence-corrected chi connectivity index (χ3v) is 5.39. The molecule has 1 N–H and O–H groups in total. The number of likely N-dealkylation sites (tertiary alicyclic amines) is 1. The Kier molecular flexibility index (Phi) is 3.75. The maximum absolute atomic E-state index is 12.7. The predicted molar refractivity (Wildman–Crippen MR) is 91.7 cm³/mol. The molecule has 124 valence electrons. The second kappa shape index (κ2) is 5.93. The van der Waals surface area contributed by atoms with E-state index < -0.39 is 11.9 Å². The molecule has 2 aromatic carbocycles. The summed E-state index contributed by atoms with van der Waals surface area (Å²) in [6.45, 7) is 1.07.